The maximum atomic E-state index is 12.0. The first kappa shape index (κ1) is 40.6. The summed E-state index contributed by atoms with van der Waals surface area (Å²) in [5.74, 6) is -0.105. The largest absolute Gasteiger partial charge is 0.481 e. The molecular weight excluding hydrogens is 748 g/mol. The third-order valence-electron chi connectivity index (χ3n) is 5.79. The molecule has 14 nitrogen and oxygen atoms in total. The molecule has 0 aliphatic heterocycles. The third kappa shape index (κ3) is 12.5. The normalized spacial score (nSPS) is 11.3. The third-order valence-corrected chi connectivity index (χ3v) is 11.6. The Bertz CT molecular complexity index is 2080. The van der Waals surface area contributed by atoms with Gasteiger partial charge in [-0.25, -0.2) is 45.2 Å². The molecule has 4 rings (SSSR count). The number of nitrogens with one attached hydrogen (secondary N) is 2. The fourth-order valence-electron chi connectivity index (χ4n) is 3.51. The molecule has 0 aliphatic carbocycles. The van der Waals surface area contributed by atoms with Gasteiger partial charge in [-0.05, 0) is 42.7 Å². The van der Waals surface area contributed by atoms with Crippen molar-refractivity contribution >= 4 is 93.5 Å². The summed E-state index contributed by atoms with van der Waals surface area (Å²) in [6.45, 7) is 4.21. The molecule has 48 heavy (non-hydrogen) atoms. The van der Waals surface area contributed by atoms with E-state index in [-0.39, 0.29) is 42.9 Å². The predicted molar refractivity (Wildman–Crippen MR) is 187 cm³/mol. The first-order valence-electron chi connectivity index (χ1n) is 13.5. The van der Waals surface area contributed by atoms with E-state index in [0.29, 0.717) is 16.7 Å². The number of rotatable bonds is 10. The van der Waals surface area contributed by atoms with Crippen LogP contribution in [-0.2, 0) is 34.3 Å². The van der Waals surface area contributed by atoms with Crippen molar-refractivity contribution in [2.45, 2.75) is 40.4 Å². The van der Waals surface area contributed by atoms with Crippen molar-refractivity contribution < 1.29 is 35.2 Å². The molecule has 2 aromatic heterocycles. The molecule has 2 heterocycles. The minimum absolute atomic E-state index is 0.0232. The maximum Gasteiger partial charge on any atom is 0.300 e. The summed E-state index contributed by atoms with van der Waals surface area (Å²) in [7, 11) is -10.3. The van der Waals surface area contributed by atoms with Gasteiger partial charge in [0.05, 0.1) is 37.6 Å². The molecule has 0 saturated carbocycles. The molecule has 4 aromatic rings. The second kappa shape index (κ2) is 17.7. The molecule has 3 N–H and O–H groups in total. The average Bonchev–Trinajstić information content (AvgIpc) is 3.00. The van der Waals surface area contributed by atoms with E-state index in [1.807, 2.05) is 6.26 Å². The van der Waals surface area contributed by atoms with Crippen LogP contribution in [0.2, 0.25) is 10.3 Å². The topological polar surface area (TPSA) is 215 Å². The first-order valence-corrected chi connectivity index (χ1v) is 20.7. The number of thioether (sulfide) groups is 1. The Kier molecular flexibility index (Phi) is 15.0. The molecular formula is C28H32Cl2N6O8S4. The van der Waals surface area contributed by atoms with E-state index in [1.165, 1.54) is 55.6 Å². The van der Waals surface area contributed by atoms with Crippen LogP contribution in [-0.4, -0.2) is 80.3 Å². The molecule has 0 saturated heterocycles. The van der Waals surface area contributed by atoms with E-state index in [1.54, 1.807) is 31.2 Å². The lowest BCUT2D eigenvalue weighted by Crippen LogP contribution is -2.08. The fraction of sp³-hybridized carbons (Fsp3) is 0.250. The monoisotopic (exact) mass is 778 g/mol. The van der Waals surface area contributed by atoms with Gasteiger partial charge in [0.15, 0.2) is 29.5 Å². The number of carbonyl (C=O) groups is 1. The number of hydrogen-bond acceptors (Lipinski definition) is 14. The van der Waals surface area contributed by atoms with Gasteiger partial charge in [-0.3, -0.25) is 4.79 Å². The molecule has 0 fully saturated rings. The number of halogens is 2. The van der Waals surface area contributed by atoms with Crippen LogP contribution in [0.3, 0.4) is 0 Å². The van der Waals surface area contributed by atoms with Gasteiger partial charge in [-0.15, -0.1) is 11.8 Å². The van der Waals surface area contributed by atoms with Crippen molar-refractivity contribution in [1.29, 1.82) is 0 Å². The zero-order chi connectivity index (χ0) is 36.3. The lowest BCUT2D eigenvalue weighted by Gasteiger charge is -2.12. The Morgan fingerprint density at radius 2 is 1.17 bits per heavy atom. The van der Waals surface area contributed by atoms with Crippen LogP contribution in [0.4, 0.5) is 23.0 Å². The second-order valence-corrected chi connectivity index (χ2v) is 17.5. The second-order valence-electron chi connectivity index (χ2n) is 9.32. The van der Waals surface area contributed by atoms with Crippen LogP contribution in [0.1, 0.15) is 20.8 Å². The van der Waals surface area contributed by atoms with Gasteiger partial charge in [0.25, 0.3) is 5.97 Å². The molecule has 20 heteroatoms. The van der Waals surface area contributed by atoms with Crippen LogP contribution >= 0.6 is 35.0 Å². The smallest absolute Gasteiger partial charge is 0.300 e. The van der Waals surface area contributed by atoms with Gasteiger partial charge in [0, 0.05) is 30.2 Å². The average molecular weight is 780 g/mol. The van der Waals surface area contributed by atoms with Gasteiger partial charge < -0.3 is 15.7 Å². The quantitative estimate of drug-likeness (QED) is 0.133. The summed E-state index contributed by atoms with van der Waals surface area (Å²) in [6, 6.07) is 11.8. The highest BCUT2D eigenvalue weighted by Crippen LogP contribution is 2.31. The highest BCUT2D eigenvalue weighted by molar-refractivity contribution is 7.98. The number of sulfone groups is 3. The number of aromatic nitrogens is 4. The number of hydrogen-bond donors (Lipinski definition) is 3. The van der Waals surface area contributed by atoms with Gasteiger partial charge >= 0.3 is 0 Å². The Morgan fingerprint density at radius 1 is 0.750 bits per heavy atom. The Morgan fingerprint density at radius 3 is 1.56 bits per heavy atom. The molecule has 2 aromatic carbocycles. The highest BCUT2D eigenvalue weighted by Gasteiger charge is 2.19. The molecule has 0 radical (unpaired) electrons. The summed E-state index contributed by atoms with van der Waals surface area (Å²) >= 11 is 13.1. The fourth-order valence-corrected chi connectivity index (χ4v) is 6.98. The minimum Gasteiger partial charge on any atom is -0.481 e. The van der Waals surface area contributed by atoms with Crippen molar-refractivity contribution in [3.63, 3.8) is 0 Å². The van der Waals surface area contributed by atoms with E-state index in [4.69, 9.17) is 33.1 Å². The lowest BCUT2D eigenvalue weighted by molar-refractivity contribution is -0.134. The molecule has 0 bridgehead atoms. The van der Waals surface area contributed by atoms with E-state index in [2.05, 4.69) is 30.6 Å². The molecule has 0 amide bonds. The van der Waals surface area contributed by atoms with E-state index in [0.717, 1.165) is 18.1 Å². The number of carboxylic acid groups (broad SMARTS) is 1. The zero-order valence-electron chi connectivity index (χ0n) is 26.2. The van der Waals surface area contributed by atoms with Crippen LogP contribution in [0.15, 0.2) is 80.8 Å². The Hall–Kier alpha value is -3.55. The molecule has 0 atom stereocenters. The minimum atomic E-state index is -3.57. The van der Waals surface area contributed by atoms with E-state index in [9.17, 15) is 25.3 Å². The molecule has 0 spiro atoms. The summed E-state index contributed by atoms with van der Waals surface area (Å²) < 4.78 is 71.7. The maximum absolute atomic E-state index is 12.0. The number of benzene rings is 2. The predicted octanol–water partition coefficient (Wildman–Crippen LogP) is 5.55. The van der Waals surface area contributed by atoms with Crippen LogP contribution in [0.5, 0.6) is 0 Å². The van der Waals surface area contributed by atoms with Crippen molar-refractivity contribution in [1.82, 2.24) is 19.9 Å². The Labute approximate surface area is 293 Å². The molecule has 0 unspecified atom stereocenters. The first-order chi connectivity index (χ1) is 22.3. The van der Waals surface area contributed by atoms with Crippen LogP contribution < -0.4 is 10.6 Å². The van der Waals surface area contributed by atoms with Gasteiger partial charge in [-0.1, -0.05) is 37.0 Å². The molecule has 260 valence electrons. The lowest BCUT2D eigenvalue weighted by atomic mass is 10.3. The number of carboxylic acids is 1. The van der Waals surface area contributed by atoms with Crippen LogP contribution in [0.25, 0.3) is 0 Å². The van der Waals surface area contributed by atoms with Gasteiger partial charge in [0.1, 0.15) is 34.6 Å². The summed E-state index contributed by atoms with van der Waals surface area (Å²) in [4.78, 5) is 25.7. The van der Waals surface area contributed by atoms with Crippen LogP contribution in [0, 0.1) is 0 Å². The zero-order valence-corrected chi connectivity index (χ0v) is 30.9. The summed E-state index contributed by atoms with van der Waals surface area (Å²) in [5, 5.41) is 13.8. The number of aliphatic carboxylic acids is 1. The number of anilines is 4. The van der Waals surface area contributed by atoms with Crippen molar-refractivity contribution in [2.24, 2.45) is 0 Å². The van der Waals surface area contributed by atoms with Gasteiger partial charge in [0.2, 0.25) is 0 Å². The Balaban J connectivity index is 0.000000301. The van der Waals surface area contributed by atoms with E-state index < -0.39 is 35.5 Å². The van der Waals surface area contributed by atoms with Crippen molar-refractivity contribution in [2.75, 3.05) is 34.7 Å². The SMILES string of the molecule is CC(=O)O.CCS(=O)(=O)c1ccc(S(C)(=O)=O)c(Nc2cc(Cl)ncn2)c1.CCS(=O)(=O)c1ccc(SC)c(Nc2cc(Cl)ncn2)c1. The highest BCUT2D eigenvalue weighted by atomic mass is 35.5. The van der Waals surface area contributed by atoms with Crippen molar-refractivity contribution in [3.05, 3.63) is 71.5 Å². The van der Waals surface area contributed by atoms with Crippen molar-refractivity contribution in [3.8, 4) is 0 Å². The van der Waals surface area contributed by atoms with E-state index >= 15 is 0 Å². The van der Waals surface area contributed by atoms with Gasteiger partial charge in [-0.2, -0.15) is 0 Å². The summed E-state index contributed by atoms with van der Waals surface area (Å²) in [6.07, 6.45) is 5.50. The summed E-state index contributed by atoms with van der Waals surface area (Å²) in [5.41, 5.74) is 0.781. The standard InChI is InChI=1S/C13H14ClN3O4S2.C13H14ClN3O2S2.C2H4O2/c1-3-23(20,21)9-4-5-11(22(2,18)19)10(6-9)17-13-7-12(14)15-8-16-13;1-3-21(18,19)9-4-5-11(20-2)10(6-9)17-13-7-12(14)15-8-16-13;1-2(3)4/h4-8H,3H2,1-2H3,(H,15,16,17);4-8H,3H2,1-2H3,(H,15,16,17);1H3,(H,3,4). The number of nitrogens with zero attached hydrogens (tertiary/aromatic N) is 4. The molecule has 0 aliphatic rings.